The second-order valence-corrected chi connectivity index (χ2v) is 5.24. The molecular formula is C14H14F4N2O. The molecule has 0 radical (unpaired) electrons. The summed E-state index contributed by atoms with van der Waals surface area (Å²) in [6, 6.07) is 0.224. The number of hydrogen-bond donors (Lipinski definition) is 2. The van der Waals surface area contributed by atoms with Gasteiger partial charge in [-0.1, -0.05) is 0 Å². The summed E-state index contributed by atoms with van der Waals surface area (Å²) in [6.45, 7) is 0.720. The number of aliphatic hydroxyl groups is 1. The van der Waals surface area contributed by atoms with Gasteiger partial charge in [-0.25, -0.2) is 17.6 Å². The maximum absolute atomic E-state index is 13.8. The topological polar surface area (TPSA) is 35.5 Å². The average Bonchev–Trinajstić information content (AvgIpc) is 2.99. The van der Waals surface area contributed by atoms with Gasteiger partial charge in [-0.05, 0) is 6.42 Å². The van der Waals surface area contributed by atoms with Crippen LogP contribution in [0.4, 0.5) is 17.6 Å². The molecule has 2 heterocycles. The van der Waals surface area contributed by atoms with Crippen molar-refractivity contribution in [3.63, 3.8) is 0 Å². The predicted octanol–water partition coefficient (Wildman–Crippen LogP) is 2.19. The molecule has 1 aromatic carbocycles. The number of fused-ring (bicyclic) bond motifs is 1. The quantitative estimate of drug-likeness (QED) is 0.664. The van der Waals surface area contributed by atoms with Gasteiger partial charge in [-0.15, -0.1) is 0 Å². The molecule has 2 aliphatic rings. The fraction of sp³-hybridized carbons (Fsp3) is 0.429. The van der Waals surface area contributed by atoms with Gasteiger partial charge >= 0.3 is 0 Å². The number of nitrogens with one attached hydrogen (secondary N) is 1. The van der Waals surface area contributed by atoms with Crippen LogP contribution in [0.2, 0.25) is 0 Å². The number of hydrogen-bond acceptors (Lipinski definition) is 3. The molecule has 2 aliphatic heterocycles. The van der Waals surface area contributed by atoms with E-state index in [0.717, 1.165) is 11.4 Å². The molecule has 1 atom stereocenters. The zero-order valence-electron chi connectivity index (χ0n) is 11.1. The van der Waals surface area contributed by atoms with E-state index in [1.807, 2.05) is 4.90 Å². The molecule has 3 nitrogen and oxygen atoms in total. The molecule has 21 heavy (non-hydrogen) atoms. The summed E-state index contributed by atoms with van der Waals surface area (Å²) in [6.07, 6.45) is 0.708. The molecule has 0 bridgehead atoms. The van der Waals surface area contributed by atoms with Crippen molar-refractivity contribution in [1.29, 1.82) is 0 Å². The van der Waals surface area contributed by atoms with E-state index in [1.165, 1.54) is 0 Å². The molecule has 0 spiro atoms. The standard InChI is InChI=1S/C14H14F4N2O/c15-8-4-9(16)14(18)12(13(8)17)7-3-11-10(1-2-21)19-6-20(11)5-7/h4,7,19,21H,1-3,5-6H2/t7-/m0/s1. The van der Waals surface area contributed by atoms with Crippen LogP contribution in [0, 0.1) is 23.3 Å². The Labute approximate surface area is 118 Å². The van der Waals surface area contributed by atoms with Gasteiger partial charge in [0.2, 0.25) is 0 Å². The van der Waals surface area contributed by atoms with Crippen LogP contribution in [0.25, 0.3) is 0 Å². The summed E-state index contributed by atoms with van der Waals surface area (Å²) in [4.78, 5) is 1.87. The minimum atomic E-state index is -1.38. The van der Waals surface area contributed by atoms with Crippen LogP contribution in [0.1, 0.15) is 24.3 Å². The Balaban J connectivity index is 1.96. The second-order valence-electron chi connectivity index (χ2n) is 5.24. The molecule has 0 aromatic heterocycles. The minimum Gasteiger partial charge on any atom is -0.396 e. The van der Waals surface area contributed by atoms with Crippen molar-refractivity contribution in [2.75, 3.05) is 19.8 Å². The van der Waals surface area contributed by atoms with Crippen molar-refractivity contribution in [1.82, 2.24) is 10.2 Å². The fourth-order valence-corrected chi connectivity index (χ4v) is 3.06. The number of aliphatic hydroxyl groups excluding tert-OH is 1. The first kappa shape index (κ1) is 14.2. The molecule has 1 fully saturated rings. The van der Waals surface area contributed by atoms with E-state index in [-0.39, 0.29) is 19.2 Å². The molecule has 2 N–H and O–H groups in total. The Bertz CT molecular complexity index is 591. The average molecular weight is 302 g/mol. The lowest BCUT2D eigenvalue weighted by atomic mass is 9.95. The largest absolute Gasteiger partial charge is 0.396 e. The first-order chi connectivity index (χ1) is 10.0. The Morgan fingerprint density at radius 1 is 1.19 bits per heavy atom. The van der Waals surface area contributed by atoms with Crippen LogP contribution in [0.5, 0.6) is 0 Å². The van der Waals surface area contributed by atoms with E-state index in [0.29, 0.717) is 19.5 Å². The lowest BCUT2D eigenvalue weighted by Crippen LogP contribution is -2.23. The van der Waals surface area contributed by atoms with Crippen LogP contribution in [-0.4, -0.2) is 29.8 Å². The van der Waals surface area contributed by atoms with Crippen LogP contribution in [-0.2, 0) is 0 Å². The summed E-state index contributed by atoms with van der Waals surface area (Å²) in [5.41, 5.74) is 1.13. The highest BCUT2D eigenvalue weighted by molar-refractivity contribution is 5.33. The van der Waals surface area contributed by atoms with Gasteiger partial charge in [0.15, 0.2) is 23.3 Å². The SMILES string of the molecule is OCCC1=C2C[C@H](c3c(F)c(F)cc(F)c3F)CN2CN1. The minimum absolute atomic E-state index is 0.0400. The second kappa shape index (κ2) is 5.22. The highest BCUT2D eigenvalue weighted by atomic mass is 19.2. The highest BCUT2D eigenvalue weighted by Gasteiger charge is 2.37. The molecule has 114 valence electrons. The van der Waals surface area contributed by atoms with Crippen LogP contribution in [0.3, 0.4) is 0 Å². The Morgan fingerprint density at radius 3 is 2.48 bits per heavy atom. The van der Waals surface area contributed by atoms with Gasteiger partial charge in [0.25, 0.3) is 0 Å². The van der Waals surface area contributed by atoms with Crippen LogP contribution >= 0.6 is 0 Å². The molecule has 7 heteroatoms. The van der Waals surface area contributed by atoms with Gasteiger partial charge in [0.05, 0.1) is 6.67 Å². The van der Waals surface area contributed by atoms with Crippen LogP contribution in [0.15, 0.2) is 17.5 Å². The van der Waals surface area contributed by atoms with Crippen molar-refractivity contribution in [2.24, 2.45) is 0 Å². The molecule has 0 saturated carbocycles. The van der Waals surface area contributed by atoms with E-state index in [2.05, 4.69) is 5.32 Å². The van der Waals surface area contributed by atoms with E-state index in [4.69, 9.17) is 5.11 Å². The molecular weight excluding hydrogens is 288 g/mol. The Kier molecular flexibility index (Phi) is 3.52. The third-order valence-electron chi connectivity index (χ3n) is 4.01. The zero-order chi connectivity index (χ0) is 15.1. The van der Waals surface area contributed by atoms with Gasteiger partial charge in [-0.2, -0.15) is 0 Å². The van der Waals surface area contributed by atoms with E-state index >= 15 is 0 Å². The molecule has 0 unspecified atom stereocenters. The summed E-state index contributed by atoms with van der Waals surface area (Å²) in [5.74, 6) is -6.03. The van der Waals surface area contributed by atoms with E-state index in [1.54, 1.807) is 0 Å². The summed E-state index contributed by atoms with van der Waals surface area (Å²) >= 11 is 0. The van der Waals surface area contributed by atoms with E-state index in [9.17, 15) is 17.6 Å². The first-order valence-electron chi connectivity index (χ1n) is 6.67. The fourth-order valence-electron chi connectivity index (χ4n) is 3.06. The van der Waals surface area contributed by atoms with Crippen LogP contribution < -0.4 is 5.32 Å². The lowest BCUT2D eigenvalue weighted by Gasteiger charge is -2.16. The maximum atomic E-state index is 13.8. The van der Waals surface area contributed by atoms with Gasteiger partial charge in [0, 0.05) is 48.5 Å². The number of benzene rings is 1. The molecule has 1 aromatic rings. The van der Waals surface area contributed by atoms with Crippen molar-refractivity contribution in [3.05, 3.63) is 46.3 Å². The van der Waals surface area contributed by atoms with E-state index < -0.39 is 34.8 Å². The van der Waals surface area contributed by atoms with Gasteiger partial charge in [-0.3, -0.25) is 0 Å². The normalized spacial score (nSPS) is 21.0. The summed E-state index contributed by atoms with van der Waals surface area (Å²) < 4.78 is 54.3. The van der Waals surface area contributed by atoms with Crippen molar-refractivity contribution >= 4 is 0 Å². The maximum Gasteiger partial charge on any atom is 0.165 e. The molecule has 0 aliphatic carbocycles. The van der Waals surface area contributed by atoms with Gasteiger partial charge in [0.1, 0.15) is 0 Å². The Morgan fingerprint density at radius 2 is 1.86 bits per heavy atom. The lowest BCUT2D eigenvalue weighted by molar-refractivity contribution is 0.296. The smallest absolute Gasteiger partial charge is 0.165 e. The zero-order valence-corrected chi connectivity index (χ0v) is 11.1. The highest BCUT2D eigenvalue weighted by Crippen LogP contribution is 2.40. The third kappa shape index (κ3) is 2.25. The number of nitrogens with zero attached hydrogens (tertiary/aromatic N) is 1. The Hall–Kier alpha value is -1.76. The molecule has 3 rings (SSSR count). The molecule has 0 amide bonds. The van der Waals surface area contributed by atoms with Gasteiger partial charge < -0.3 is 15.3 Å². The third-order valence-corrected chi connectivity index (χ3v) is 4.01. The summed E-state index contributed by atoms with van der Waals surface area (Å²) in [7, 11) is 0. The number of allylic oxidation sites excluding steroid dienone is 1. The monoisotopic (exact) mass is 302 g/mol. The number of halogens is 4. The van der Waals surface area contributed by atoms with Crippen molar-refractivity contribution < 1.29 is 22.7 Å². The predicted molar refractivity (Wildman–Crippen MR) is 67.1 cm³/mol. The van der Waals surface area contributed by atoms with Crippen molar-refractivity contribution in [2.45, 2.75) is 18.8 Å². The number of rotatable bonds is 3. The molecule has 1 saturated heterocycles. The summed E-state index contributed by atoms with van der Waals surface area (Å²) in [5, 5.41) is 12.1. The van der Waals surface area contributed by atoms with Crippen molar-refractivity contribution in [3.8, 4) is 0 Å². The first-order valence-corrected chi connectivity index (χ1v) is 6.67.